The first-order valence-corrected chi connectivity index (χ1v) is 6.33. The molecule has 1 unspecified atom stereocenters. The van der Waals surface area contributed by atoms with Gasteiger partial charge < -0.3 is 10.4 Å². The Kier molecular flexibility index (Phi) is 3.05. The van der Waals surface area contributed by atoms with Gasteiger partial charge in [0.15, 0.2) is 11.9 Å². The van der Waals surface area contributed by atoms with E-state index < -0.39 is 12.0 Å². The van der Waals surface area contributed by atoms with Crippen molar-refractivity contribution in [2.75, 3.05) is 5.32 Å². The van der Waals surface area contributed by atoms with E-state index in [1.807, 2.05) is 13.0 Å². The number of rotatable bonds is 4. The van der Waals surface area contributed by atoms with Crippen molar-refractivity contribution in [2.45, 2.75) is 13.0 Å². The van der Waals surface area contributed by atoms with Crippen LogP contribution in [0.1, 0.15) is 17.3 Å². The van der Waals surface area contributed by atoms with E-state index in [0.29, 0.717) is 11.4 Å². The summed E-state index contributed by atoms with van der Waals surface area (Å²) in [6, 6.07) is 0.921. The van der Waals surface area contributed by atoms with Gasteiger partial charge in [0, 0.05) is 31.2 Å². The molecule has 0 aromatic carbocycles. The minimum absolute atomic E-state index is 0.467. The van der Waals surface area contributed by atoms with Gasteiger partial charge in [0.1, 0.15) is 5.52 Å². The third kappa shape index (κ3) is 2.42. The van der Waals surface area contributed by atoms with Crippen molar-refractivity contribution in [3.8, 4) is 0 Å². The molecule has 0 amide bonds. The molecule has 0 fully saturated rings. The molecule has 21 heavy (non-hydrogen) atoms. The van der Waals surface area contributed by atoms with Crippen LogP contribution in [0.5, 0.6) is 0 Å². The van der Waals surface area contributed by atoms with Crippen LogP contribution in [0, 0.1) is 6.92 Å². The number of hydrogen-bond acceptors (Lipinski definition) is 5. The van der Waals surface area contributed by atoms with Gasteiger partial charge in [-0.1, -0.05) is 0 Å². The number of carboxylic acids is 1. The average Bonchev–Trinajstić information content (AvgIpc) is 3.00. The van der Waals surface area contributed by atoms with Gasteiger partial charge in [0.2, 0.25) is 0 Å². The standard InChI is InChI=1S/C13H14N6O2/c1-8-5-10-12(14-3-4-19(10)17-8)16-11(13(20)21)9-6-15-18(2)7-9/h3-7,11H,1-2H3,(H,14,16)(H,20,21). The van der Waals surface area contributed by atoms with Crippen LogP contribution >= 0.6 is 0 Å². The summed E-state index contributed by atoms with van der Waals surface area (Å²) in [6.07, 6.45) is 6.47. The van der Waals surface area contributed by atoms with Gasteiger partial charge in [-0.3, -0.25) is 4.68 Å². The molecule has 2 N–H and O–H groups in total. The molecule has 8 heteroatoms. The Balaban J connectivity index is 2.00. The summed E-state index contributed by atoms with van der Waals surface area (Å²) in [6.45, 7) is 1.87. The fraction of sp³-hybridized carbons (Fsp3) is 0.231. The molecule has 1 atom stereocenters. The Hall–Kier alpha value is -2.90. The van der Waals surface area contributed by atoms with Gasteiger partial charge in [-0.25, -0.2) is 14.3 Å². The topological polar surface area (TPSA) is 97.3 Å². The fourth-order valence-corrected chi connectivity index (χ4v) is 2.17. The normalized spacial score (nSPS) is 12.5. The van der Waals surface area contributed by atoms with E-state index >= 15 is 0 Å². The Morgan fingerprint density at radius 2 is 2.29 bits per heavy atom. The quantitative estimate of drug-likeness (QED) is 0.743. The van der Waals surface area contributed by atoms with Crippen molar-refractivity contribution in [2.24, 2.45) is 7.05 Å². The number of nitrogens with one attached hydrogen (secondary N) is 1. The molecule has 0 aliphatic carbocycles. The number of hydrogen-bond donors (Lipinski definition) is 2. The Morgan fingerprint density at radius 1 is 1.48 bits per heavy atom. The van der Waals surface area contributed by atoms with Crippen LogP contribution in [-0.2, 0) is 11.8 Å². The Bertz CT molecular complexity index is 806. The second-order valence-electron chi connectivity index (χ2n) is 4.75. The average molecular weight is 286 g/mol. The monoisotopic (exact) mass is 286 g/mol. The highest BCUT2D eigenvalue weighted by Crippen LogP contribution is 2.22. The molecule has 3 aromatic heterocycles. The third-order valence-corrected chi connectivity index (χ3v) is 3.10. The molecule has 0 saturated carbocycles. The van der Waals surface area contributed by atoms with E-state index in [2.05, 4.69) is 20.5 Å². The summed E-state index contributed by atoms with van der Waals surface area (Å²) in [5, 5.41) is 20.6. The van der Waals surface area contributed by atoms with E-state index in [0.717, 1.165) is 11.2 Å². The highest BCUT2D eigenvalue weighted by atomic mass is 16.4. The third-order valence-electron chi connectivity index (χ3n) is 3.10. The zero-order valence-corrected chi connectivity index (χ0v) is 11.6. The lowest BCUT2D eigenvalue weighted by Crippen LogP contribution is -2.21. The van der Waals surface area contributed by atoms with E-state index in [1.165, 1.54) is 6.20 Å². The maximum Gasteiger partial charge on any atom is 0.330 e. The number of carboxylic acid groups (broad SMARTS) is 1. The van der Waals surface area contributed by atoms with Crippen LogP contribution in [0.15, 0.2) is 30.9 Å². The predicted octanol–water partition coefficient (Wildman–Crippen LogP) is 1.01. The van der Waals surface area contributed by atoms with Gasteiger partial charge in [-0.2, -0.15) is 10.2 Å². The number of carbonyl (C=O) groups is 1. The fourth-order valence-electron chi connectivity index (χ4n) is 2.17. The summed E-state index contributed by atoms with van der Waals surface area (Å²) >= 11 is 0. The summed E-state index contributed by atoms with van der Waals surface area (Å²) < 4.78 is 3.22. The van der Waals surface area contributed by atoms with Crippen molar-refractivity contribution in [3.05, 3.63) is 42.1 Å². The number of aryl methyl sites for hydroxylation is 2. The first-order chi connectivity index (χ1) is 10.0. The molecular weight excluding hydrogens is 272 g/mol. The molecule has 8 nitrogen and oxygen atoms in total. The highest BCUT2D eigenvalue weighted by molar-refractivity contribution is 5.81. The maximum atomic E-state index is 11.5. The summed E-state index contributed by atoms with van der Waals surface area (Å²) in [4.78, 5) is 15.7. The Labute approximate surface area is 120 Å². The first-order valence-electron chi connectivity index (χ1n) is 6.33. The lowest BCUT2D eigenvalue weighted by atomic mass is 10.1. The zero-order chi connectivity index (χ0) is 15.0. The molecule has 0 radical (unpaired) electrons. The minimum Gasteiger partial charge on any atom is -0.479 e. The lowest BCUT2D eigenvalue weighted by molar-refractivity contribution is -0.138. The van der Waals surface area contributed by atoms with Crippen LogP contribution in [0.3, 0.4) is 0 Å². The number of nitrogens with zero attached hydrogens (tertiary/aromatic N) is 5. The van der Waals surface area contributed by atoms with Gasteiger partial charge >= 0.3 is 5.97 Å². The molecule has 3 heterocycles. The maximum absolute atomic E-state index is 11.5. The van der Waals surface area contributed by atoms with Crippen LogP contribution < -0.4 is 5.32 Å². The number of fused-ring (bicyclic) bond motifs is 1. The lowest BCUT2D eigenvalue weighted by Gasteiger charge is -2.14. The van der Waals surface area contributed by atoms with Crippen molar-refractivity contribution < 1.29 is 9.90 Å². The van der Waals surface area contributed by atoms with Crippen LogP contribution in [0.2, 0.25) is 0 Å². The SMILES string of the molecule is Cc1cc2c(NC(C(=O)O)c3cnn(C)c3)nccn2n1. The van der Waals surface area contributed by atoms with Crippen molar-refractivity contribution in [1.82, 2.24) is 24.4 Å². The summed E-state index contributed by atoms with van der Waals surface area (Å²) in [7, 11) is 1.74. The second kappa shape index (κ2) is 4.89. The number of aromatic nitrogens is 5. The van der Waals surface area contributed by atoms with Crippen molar-refractivity contribution in [1.29, 1.82) is 0 Å². The minimum atomic E-state index is -0.997. The van der Waals surface area contributed by atoms with Gasteiger partial charge in [-0.05, 0) is 13.0 Å². The van der Waals surface area contributed by atoms with Crippen LogP contribution in [0.25, 0.3) is 5.52 Å². The van der Waals surface area contributed by atoms with Gasteiger partial charge in [0.05, 0.1) is 11.9 Å². The molecule has 3 aromatic rings. The molecule has 0 saturated heterocycles. The molecule has 0 spiro atoms. The molecule has 0 aliphatic heterocycles. The van der Waals surface area contributed by atoms with Crippen molar-refractivity contribution in [3.63, 3.8) is 0 Å². The predicted molar refractivity (Wildman–Crippen MR) is 74.9 cm³/mol. The van der Waals surface area contributed by atoms with E-state index in [4.69, 9.17) is 0 Å². The van der Waals surface area contributed by atoms with Crippen LogP contribution in [-0.4, -0.2) is 35.5 Å². The first kappa shape index (κ1) is 13.1. The summed E-state index contributed by atoms with van der Waals surface area (Å²) in [5.74, 6) is -0.530. The van der Waals surface area contributed by atoms with Gasteiger partial charge in [-0.15, -0.1) is 0 Å². The number of aliphatic carboxylic acids is 1. The number of anilines is 1. The highest BCUT2D eigenvalue weighted by Gasteiger charge is 2.22. The van der Waals surface area contributed by atoms with E-state index in [-0.39, 0.29) is 0 Å². The zero-order valence-electron chi connectivity index (χ0n) is 11.6. The molecule has 0 aliphatic rings. The second-order valence-corrected chi connectivity index (χ2v) is 4.75. The van der Waals surface area contributed by atoms with Crippen LogP contribution in [0.4, 0.5) is 5.82 Å². The molecule has 0 bridgehead atoms. The largest absolute Gasteiger partial charge is 0.479 e. The molecular formula is C13H14N6O2. The summed E-state index contributed by atoms with van der Waals surface area (Å²) in [5.41, 5.74) is 2.12. The Morgan fingerprint density at radius 3 is 2.95 bits per heavy atom. The smallest absolute Gasteiger partial charge is 0.330 e. The molecule has 3 rings (SSSR count). The van der Waals surface area contributed by atoms with E-state index in [1.54, 1.807) is 34.8 Å². The molecule has 108 valence electrons. The van der Waals surface area contributed by atoms with Crippen molar-refractivity contribution >= 4 is 17.3 Å². The van der Waals surface area contributed by atoms with E-state index in [9.17, 15) is 9.90 Å². The van der Waals surface area contributed by atoms with Gasteiger partial charge in [0.25, 0.3) is 0 Å².